The second kappa shape index (κ2) is 5.99. The fourth-order valence-corrected chi connectivity index (χ4v) is 3.04. The molecule has 1 atom stereocenters. The molecule has 1 aromatic carbocycles. The van der Waals surface area contributed by atoms with Crippen LogP contribution in [0.5, 0.6) is 0 Å². The number of alkyl halides is 3. The van der Waals surface area contributed by atoms with Gasteiger partial charge in [0.25, 0.3) is 5.89 Å². The zero-order valence-corrected chi connectivity index (χ0v) is 13.2. The van der Waals surface area contributed by atoms with Crippen LogP contribution in [0.15, 0.2) is 39.6 Å². The van der Waals surface area contributed by atoms with Crippen LogP contribution in [-0.4, -0.2) is 20.3 Å². The molecular formula is C15H12F3N3O2S. The number of fused-ring (bicyclic) bond motifs is 1. The highest BCUT2D eigenvalue weighted by atomic mass is 32.2. The number of rotatable bonds is 3. The fourth-order valence-electron chi connectivity index (χ4n) is 2.16. The molecule has 24 heavy (non-hydrogen) atoms. The van der Waals surface area contributed by atoms with Crippen molar-refractivity contribution in [1.29, 1.82) is 0 Å². The Labute approximate surface area is 137 Å². The van der Waals surface area contributed by atoms with Gasteiger partial charge < -0.3 is 14.7 Å². The molecule has 3 rings (SSSR count). The molecule has 0 spiro atoms. The van der Waals surface area contributed by atoms with Gasteiger partial charge in [-0.15, -0.1) is 0 Å². The van der Waals surface area contributed by atoms with Crippen LogP contribution in [0.3, 0.4) is 0 Å². The lowest BCUT2D eigenvalue weighted by Crippen LogP contribution is -2.08. The summed E-state index contributed by atoms with van der Waals surface area (Å²) >= 11 is -1.35. The number of halogens is 3. The second-order valence-corrected chi connectivity index (χ2v) is 6.62. The van der Waals surface area contributed by atoms with Crippen molar-refractivity contribution in [3.05, 3.63) is 35.9 Å². The standard InChI is InChI=1S/C15H12F3N3O2S/c1-2-24(22)11-5-6-12(19)21-13(11)14-20-9-7-8(15(16,17)18)3-4-10(9)23-14/h3-7H,2H2,1H3,(H2,19,21). The Balaban J connectivity index is 2.15. The maximum atomic E-state index is 12.8. The Bertz CT molecular complexity index is 895. The molecule has 0 saturated heterocycles. The molecule has 0 radical (unpaired) electrons. The Morgan fingerprint density at radius 3 is 2.62 bits per heavy atom. The second-order valence-electron chi connectivity index (χ2n) is 4.92. The highest BCUT2D eigenvalue weighted by molar-refractivity contribution is 7.91. The van der Waals surface area contributed by atoms with Gasteiger partial charge in [0, 0.05) is 0 Å². The van der Waals surface area contributed by atoms with Gasteiger partial charge in [-0.05, 0) is 48.4 Å². The number of nitrogens with zero attached hydrogens (tertiary/aromatic N) is 2. The van der Waals surface area contributed by atoms with Crippen LogP contribution in [0, 0.1) is 0 Å². The molecule has 2 aromatic heterocycles. The molecule has 0 bridgehead atoms. The van der Waals surface area contributed by atoms with E-state index in [1.165, 1.54) is 12.1 Å². The summed E-state index contributed by atoms with van der Waals surface area (Å²) in [6, 6.07) is 6.04. The van der Waals surface area contributed by atoms with E-state index in [2.05, 4.69) is 9.97 Å². The highest BCUT2D eigenvalue weighted by Gasteiger charge is 2.31. The van der Waals surface area contributed by atoms with E-state index < -0.39 is 22.9 Å². The maximum Gasteiger partial charge on any atom is 0.416 e. The predicted octanol–water partition coefficient (Wildman–Crippen LogP) is 3.62. The predicted molar refractivity (Wildman–Crippen MR) is 83.6 cm³/mol. The summed E-state index contributed by atoms with van der Waals surface area (Å²) in [6.07, 6.45) is -4.47. The van der Waals surface area contributed by atoms with Gasteiger partial charge in [0.1, 0.15) is 17.1 Å². The minimum Gasteiger partial charge on any atom is -0.611 e. The zero-order valence-electron chi connectivity index (χ0n) is 12.4. The molecule has 9 heteroatoms. The third-order valence-electron chi connectivity index (χ3n) is 3.30. The van der Waals surface area contributed by atoms with Crippen molar-refractivity contribution >= 4 is 28.1 Å². The number of oxazole rings is 1. The van der Waals surface area contributed by atoms with Gasteiger partial charge in [0.15, 0.2) is 16.2 Å². The first-order chi connectivity index (χ1) is 11.3. The third kappa shape index (κ3) is 3.04. The number of aromatic nitrogens is 2. The van der Waals surface area contributed by atoms with E-state index in [4.69, 9.17) is 10.2 Å². The minimum absolute atomic E-state index is 0.0200. The van der Waals surface area contributed by atoms with Crippen molar-refractivity contribution in [2.75, 3.05) is 11.5 Å². The van der Waals surface area contributed by atoms with E-state index in [0.717, 1.165) is 12.1 Å². The van der Waals surface area contributed by atoms with Gasteiger partial charge >= 0.3 is 6.18 Å². The Hall–Kier alpha value is -2.26. The molecule has 0 fully saturated rings. The SMILES string of the molecule is CC[S+]([O-])c1ccc(N)nc1-c1nc2cc(C(F)(F)F)ccc2o1. The molecule has 1 unspecified atom stereocenters. The molecular weight excluding hydrogens is 343 g/mol. The quantitative estimate of drug-likeness (QED) is 0.725. The average Bonchev–Trinajstić information content (AvgIpc) is 2.96. The molecule has 2 N–H and O–H groups in total. The number of nitrogens with two attached hydrogens (primary N) is 1. The number of hydrogen-bond donors (Lipinski definition) is 1. The average molecular weight is 355 g/mol. The molecule has 0 aliphatic rings. The van der Waals surface area contributed by atoms with E-state index in [1.807, 2.05) is 0 Å². The topological polar surface area (TPSA) is 88.0 Å². The smallest absolute Gasteiger partial charge is 0.416 e. The van der Waals surface area contributed by atoms with Crippen molar-refractivity contribution < 1.29 is 22.1 Å². The van der Waals surface area contributed by atoms with Crippen LogP contribution < -0.4 is 5.73 Å². The number of nitrogen functional groups attached to an aromatic ring is 1. The first-order valence-corrected chi connectivity index (χ1v) is 8.24. The van der Waals surface area contributed by atoms with Crippen molar-refractivity contribution in [1.82, 2.24) is 9.97 Å². The monoisotopic (exact) mass is 355 g/mol. The molecule has 0 aliphatic heterocycles. The fraction of sp³-hybridized carbons (Fsp3) is 0.200. The summed E-state index contributed by atoms with van der Waals surface area (Å²) in [6.45, 7) is 1.73. The molecule has 2 heterocycles. The third-order valence-corrected chi connectivity index (χ3v) is 4.65. The first-order valence-electron chi connectivity index (χ1n) is 6.92. The van der Waals surface area contributed by atoms with Crippen molar-refractivity contribution in [3.63, 3.8) is 0 Å². The van der Waals surface area contributed by atoms with Crippen LogP contribution >= 0.6 is 0 Å². The van der Waals surface area contributed by atoms with Crippen molar-refractivity contribution in [3.8, 4) is 11.6 Å². The van der Waals surface area contributed by atoms with Gasteiger partial charge in [-0.3, -0.25) is 0 Å². The van der Waals surface area contributed by atoms with E-state index in [-0.39, 0.29) is 28.5 Å². The Kier molecular flexibility index (Phi) is 4.14. The summed E-state index contributed by atoms with van der Waals surface area (Å²) < 4.78 is 56.0. The molecule has 0 saturated carbocycles. The Morgan fingerprint density at radius 1 is 1.21 bits per heavy atom. The molecule has 0 amide bonds. The Morgan fingerprint density at radius 2 is 1.96 bits per heavy atom. The molecule has 5 nitrogen and oxygen atoms in total. The summed E-state index contributed by atoms with van der Waals surface area (Å²) in [5.41, 5.74) is 5.21. The maximum absolute atomic E-state index is 12.8. The summed E-state index contributed by atoms with van der Waals surface area (Å²) in [4.78, 5) is 8.51. The van der Waals surface area contributed by atoms with Gasteiger partial charge in [-0.25, -0.2) is 9.97 Å². The normalized spacial score (nSPS) is 13.4. The van der Waals surface area contributed by atoms with E-state index in [1.54, 1.807) is 13.0 Å². The lowest BCUT2D eigenvalue weighted by molar-refractivity contribution is -0.137. The molecule has 0 aliphatic carbocycles. The van der Waals surface area contributed by atoms with Crippen molar-refractivity contribution in [2.24, 2.45) is 0 Å². The van der Waals surface area contributed by atoms with Gasteiger partial charge in [-0.1, -0.05) is 0 Å². The number of anilines is 1. The van der Waals surface area contributed by atoms with E-state index >= 15 is 0 Å². The number of hydrogen-bond acceptors (Lipinski definition) is 5. The van der Waals surface area contributed by atoms with E-state index in [9.17, 15) is 17.7 Å². The molecule has 3 aromatic rings. The van der Waals surface area contributed by atoms with Gasteiger partial charge in [-0.2, -0.15) is 13.2 Å². The number of benzene rings is 1. The summed E-state index contributed by atoms with van der Waals surface area (Å²) in [7, 11) is 0. The summed E-state index contributed by atoms with van der Waals surface area (Å²) in [5.74, 6) is 0.491. The van der Waals surface area contributed by atoms with E-state index in [0.29, 0.717) is 10.6 Å². The van der Waals surface area contributed by atoms with Crippen LogP contribution in [0.4, 0.5) is 19.0 Å². The lowest BCUT2D eigenvalue weighted by atomic mass is 10.2. The lowest BCUT2D eigenvalue weighted by Gasteiger charge is -2.10. The van der Waals surface area contributed by atoms with Crippen molar-refractivity contribution in [2.45, 2.75) is 18.0 Å². The van der Waals surface area contributed by atoms with Crippen LogP contribution in [0.25, 0.3) is 22.7 Å². The van der Waals surface area contributed by atoms with Crippen LogP contribution in [0.1, 0.15) is 12.5 Å². The zero-order chi connectivity index (χ0) is 17.5. The minimum atomic E-state index is -4.47. The first kappa shape index (κ1) is 16.6. The number of pyridine rings is 1. The largest absolute Gasteiger partial charge is 0.611 e. The highest BCUT2D eigenvalue weighted by Crippen LogP contribution is 2.34. The van der Waals surface area contributed by atoms with Crippen LogP contribution in [-0.2, 0) is 17.4 Å². The van der Waals surface area contributed by atoms with Gasteiger partial charge in [0.05, 0.1) is 5.56 Å². The van der Waals surface area contributed by atoms with Gasteiger partial charge in [0.2, 0.25) is 0 Å². The van der Waals surface area contributed by atoms with Crippen LogP contribution in [0.2, 0.25) is 0 Å². The summed E-state index contributed by atoms with van der Waals surface area (Å²) in [5, 5.41) is 0. The molecule has 126 valence electrons.